The van der Waals surface area contributed by atoms with Gasteiger partial charge in [-0.2, -0.15) is 0 Å². The van der Waals surface area contributed by atoms with Crippen LogP contribution in [0, 0.1) is 0 Å². The number of aliphatic carboxylic acids is 1. The lowest BCUT2D eigenvalue weighted by atomic mass is 10.1. The molecule has 0 spiro atoms. The lowest BCUT2D eigenvalue weighted by Gasteiger charge is -2.25. The summed E-state index contributed by atoms with van der Waals surface area (Å²) in [5.41, 5.74) is 0. The largest absolute Gasteiger partial charge is 0.477 e. The molecule has 0 aromatic heterocycles. The van der Waals surface area contributed by atoms with Gasteiger partial charge in [-0.1, -0.05) is 159 Å². The third kappa shape index (κ3) is 43.3. The molecule has 2 unspecified atom stereocenters. The van der Waals surface area contributed by atoms with E-state index in [1.165, 1.54) is 96.3 Å². The van der Waals surface area contributed by atoms with Gasteiger partial charge in [0.1, 0.15) is 13.2 Å². The zero-order valence-corrected chi connectivity index (χ0v) is 39.4. The monoisotopic (exact) mass is 847 g/mol. The van der Waals surface area contributed by atoms with Crippen molar-refractivity contribution in [2.75, 3.05) is 47.5 Å². The average Bonchev–Trinajstić information content (AvgIpc) is 3.21. The van der Waals surface area contributed by atoms with Crippen molar-refractivity contribution in [3.05, 3.63) is 48.6 Å². The van der Waals surface area contributed by atoms with Crippen LogP contribution in [0.4, 0.5) is 0 Å². The Morgan fingerprint density at radius 3 is 1.35 bits per heavy atom. The molecule has 0 fully saturated rings. The Bertz CT molecular complexity index is 1120. The van der Waals surface area contributed by atoms with Gasteiger partial charge in [-0.25, -0.2) is 4.79 Å². The molecule has 9 nitrogen and oxygen atoms in total. The molecule has 9 heteroatoms. The molecule has 0 aliphatic heterocycles. The van der Waals surface area contributed by atoms with Gasteiger partial charge in [0.2, 0.25) is 0 Å². The molecule has 0 aliphatic rings. The molecule has 0 heterocycles. The first-order valence-corrected chi connectivity index (χ1v) is 24.3. The summed E-state index contributed by atoms with van der Waals surface area (Å²) in [6.07, 6.45) is 47.3. The van der Waals surface area contributed by atoms with Crippen LogP contribution in [0.1, 0.15) is 200 Å². The van der Waals surface area contributed by atoms with Crippen molar-refractivity contribution in [1.82, 2.24) is 0 Å². The van der Waals surface area contributed by atoms with E-state index < -0.39 is 24.3 Å². The minimum atomic E-state index is -1.51. The van der Waals surface area contributed by atoms with E-state index in [1.54, 1.807) is 0 Å². The van der Waals surface area contributed by atoms with Gasteiger partial charge in [-0.3, -0.25) is 9.59 Å². The predicted molar refractivity (Wildman–Crippen MR) is 249 cm³/mol. The highest BCUT2D eigenvalue weighted by Gasteiger charge is 2.25. The summed E-state index contributed by atoms with van der Waals surface area (Å²) in [7, 11) is 5.95. The fourth-order valence-electron chi connectivity index (χ4n) is 6.48. The Morgan fingerprint density at radius 1 is 0.500 bits per heavy atom. The van der Waals surface area contributed by atoms with E-state index >= 15 is 0 Å². The van der Waals surface area contributed by atoms with Gasteiger partial charge in [0.15, 0.2) is 6.10 Å². The van der Waals surface area contributed by atoms with E-state index in [2.05, 4.69) is 62.5 Å². The van der Waals surface area contributed by atoms with Crippen molar-refractivity contribution < 1.29 is 42.9 Å². The maximum atomic E-state index is 12.8. The van der Waals surface area contributed by atoms with E-state index in [4.69, 9.17) is 18.9 Å². The number of nitrogens with zero attached hydrogens (tertiary/aromatic N) is 1. The second-order valence-electron chi connectivity index (χ2n) is 17.4. The van der Waals surface area contributed by atoms with E-state index in [0.29, 0.717) is 23.9 Å². The highest BCUT2D eigenvalue weighted by Crippen LogP contribution is 2.14. The Kier molecular flexibility index (Phi) is 41.0. The molecule has 0 saturated carbocycles. The Balaban J connectivity index is 4.42. The number of carboxylic acids is 1. The van der Waals surface area contributed by atoms with Gasteiger partial charge < -0.3 is 28.5 Å². The van der Waals surface area contributed by atoms with Crippen LogP contribution in [-0.2, 0) is 33.3 Å². The second kappa shape index (κ2) is 42.9. The molecule has 0 radical (unpaired) electrons. The van der Waals surface area contributed by atoms with Crippen LogP contribution in [-0.4, -0.2) is 87.4 Å². The smallest absolute Gasteiger partial charge is 0.361 e. The molecule has 0 rings (SSSR count). The Morgan fingerprint density at radius 2 is 0.900 bits per heavy atom. The molecule has 0 bridgehead atoms. The molecule has 60 heavy (non-hydrogen) atoms. The fourth-order valence-corrected chi connectivity index (χ4v) is 6.48. The first-order valence-electron chi connectivity index (χ1n) is 24.3. The molecule has 0 aromatic carbocycles. The first kappa shape index (κ1) is 57.2. The molecule has 0 saturated heterocycles. The molecule has 0 aromatic rings. The third-order valence-corrected chi connectivity index (χ3v) is 10.3. The van der Waals surface area contributed by atoms with Crippen molar-refractivity contribution in [2.24, 2.45) is 0 Å². The van der Waals surface area contributed by atoms with Crippen LogP contribution < -0.4 is 0 Å². The summed E-state index contributed by atoms with van der Waals surface area (Å²) in [6.45, 7) is 4.81. The summed E-state index contributed by atoms with van der Waals surface area (Å²) in [5.74, 6) is -2.03. The van der Waals surface area contributed by atoms with Gasteiger partial charge in [-0.05, 0) is 77.0 Å². The lowest BCUT2D eigenvalue weighted by molar-refractivity contribution is -0.870. The number of hydrogen-bond donors (Lipinski definition) is 1. The number of rotatable bonds is 44. The van der Waals surface area contributed by atoms with Crippen molar-refractivity contribution >= 4 is 17.9 Å². The van der Waals surface area contributed by atoms with Gasteiger partial charge in [0, 0.05) is 12.8 Å². The zero-order chi connectivity index (χ0) is 44.2. The Hall–Kier alpha value is -2.75. The molecular formula is C51H92NO8+. The maximum absolute atomic E-state index is 12.8. The van der Waals surface area contributed by atoms with Gasteiger partial charge >= 0.3 is 17.9 Å². The maximum Gasteiger partial charge on any atom is 0.361 e. The predicted octanol–water partition coefficient (Wildman–Crippen LogP) is 13.2. The molecule has 348 valence electrons. The molecule has 0 aliphatic carbocycles. The average molecular weight is 847 g/mol. The minimum Gasteiger partial charge on any atom is -0.477 e. The quantitative estimate of drug-likeness (QED) is 0.0212. The van der Waals surface area contributed by atoms with Crippen molar-refractivity contribution in [3.63, 3.8) is 0 Å². The third-order valence-electron chi connectivity index (χ3n) is 10.3. The van der Waals surface area contributed by atoms with Gasteiger partial charge in [0.25, 0.3) is 6.29 Å². The summed E-state index contributed by atoms with van der Waals surface area (Å²) in [5, 5.41) is 9.65. The number of carbonyl (C=O) groups excluding carboxylic acids is 2. The van der Waals surface area contributed by atoms with Gasteiger partial charge in [0.05, 0.1) is 34.4 Å². The molecular weight excluding hydrogens is 755 g/mol. The minimum absolute atomic E-state index is 0.183. The number of unbranched alkanes of at least 4 members (excludes halogenated alkanes) is 21. The topological polar surface area (TPSA) is 108 Å². The van der Waals surface area contributed by atoms with Crippen molar-refractivity contribution in [3.8, 4) is 0 Å². The van der Waals surface area contributed by atoms with Crippen molar-refractivity contribution in [2.45, 2.75) is 212 Å². The Labute approximate surface area is 368 Å². The highest BCUT2D eigenvalue weighted by molar-refractivity contribution is 5.71. The number of esters is 2. The van der Waals surface area contributed by atoms with Crippen LogP contribution in [0.15, 0.2) is 48.6 Å². The van der Waals surface area contributed by atoms with Crippen LogP contribution in [0.5, 0.6) is 0 Å². The van der Waals surface area contributed by atoms with E-state index in [-0.39, 0.29) is 32.2 Å². The van der Waals surface area contributed by atoms with Gasteiger partial charge in [-0.15, -0.1) is 0 Å². The summed E-state index contributed by atoms with van der Waals surface area (Å²) in [4.78, 5) is 37.2. The number of likely N-dealkylation sites (N-methyl/N-ethyl adjacent to an activating group) is 1. The van der Waals surface area contributed by atoms with Crippen LogP contribution in [0.3, 0.4) is 0 Å². The van der Waals surface area contributed by atoms with Crippen LogP contribution in [0.2, 0.25) is 0 Å². The van der Waals surface area contributed by atoms with E-state index in [1.807, 2.05) is 21.1 Å². The highest BCUT2D eigenvalue weighted by atomic mass is 16.7. The number of hydrogen-bond acceptors (Lipinski definition) is 7. The molecule has 1 N–H and O–H groups in total. The van der Waals surface area contributed by atoms with Crippen LogP contribution in [0.25, 0.3) is 0 Å². The summed E-state index contributed by atoms with van der Waals surface area (Å²) < 4.78 is 22.8. The number of carboxylic acid groups (broad SMARTS) is 1. The fraction of sp³-hybridized carbons (Fsp3) is 0.784. The second-order valence-corrected chi connectivity index (χ2v) is 17.4. The first-order chi connectivity index (χ1) is 29.1. The van der Waals surface area contributed by atoms with Crippen LogP contribution >= 0.6 is 0 Å². The molecule has 2 atom stereocenters. The standard InChI is InChI=1S/C51H91NO8/c1-6-8-10-12-14-16-18-20-22-24-26-28-30-32-34-36-38-40-42-49(54)60-47(46-59-51(50(55)56)57-44-43-52(3,4)5)45-58-48(53)41-39-37-35-33-31-29-27-25-23-21-19-17-15-13-11-9-7-2/h15-18,21-24,47,51H,6-14,19-20,25-46H2,1-5H3/p+1/b17-15-,18-16-,23-21-,24-22-. The van der Waals surface area contributed by atoms with E-state index in [9.17, 15) is 19.5 Å². The summed E-state index contributed by atoms with van der Waals surface area (Å²) >= 11 is 0. The number of carbonyl (C=O) groups is 3. The summed E-state index contributed by atoms with van der Waals surface area (Å²) in [6, 6.07) is 0. The number of ether oxygens (including phenoxy) is 4. The SMILES string of the molecule is CCCCC/C=C\C/C=C\CCCCCCCCCC(=O)OCC(COC(OCC[N+](C)(C)C)C(=O)O)OC(=O)CCCCCCCCC/C=C\C/C=C\CCCCCC. The number of allylic oxidation sites excluding steroid dienone is 8. The number of quaternary nitrogens is 1. The van der Waals surface area contributed by atoms with Crippen molar-refractivity contribution in [1.29, 1.82) is 0 Å². The van der Waals surface area contributed by atoms with E-state index in [0.717, 1.165) is 70.6 Å². The molecule has 0 amide bonds. The normalized spacial score (nSPS) is 13.3. The zero-order valence-electron chi connectivity index (χ0n) is 39.4. The lowest BCUT2D eigenvalue weighted by Crippen LogP contribution is -2.40.